The molecule has 0 aliphatic heterocycles. The Labute approximate surface area is 171 Å². The zero-order chi connectivity index (χ0) is 20.6. The van der Waals surface area contributed by atoms with Crippen molar-refractivity contribution >= 4 is 28.3 Å². The van der Waals surface area contributed by atoms with E-state index >= 15 is 0 Å². The van der Waals surface area contributed by atoms with Crippen LogP contribution in [-0.2, 0) is 16.0 Å². The third-order valence-corrected chi connectivity index (χ3v) is 4.45. The van der Waals surface area contributed by atoms with E-state index in [1.807, 2.05) is 31.2 Å². The monoisotopic (exact) mass is 416 g/mol. The molecule has 0 aliphatic carbocycles. The fourth-order valence-corrected chi connectivity index (χ4v) is 3.07. The molecule has 0 atom stereocenters. The molecule has 1 amide bonds. The summed E-state index contributed by atoms with van der Waals surface area (Å²) in [5.41, 5.74) is 0.964. The van der Waals surface area contributed by atoms with Gasteiger partial charge < -0.3 is 19.3 Å². The van der Waals surface area contributed by atoms with Gasteiger partial charge in [0.05, 0.1) is 13.2 Å². The number of carbonyl (C=O) groups excluding carboxylic acids is 2. The number of hydrogen-bond acceptors (Lipinski definition) is 9. The van der Waals surface area contributed by atoms with Gasteiger partial charge in [-0.05, 0) is 38.1 Å². The van der Waals surface area contributed by atoms with Crippen LogP contribution < -0.4 is 10.1 Å². The van der Waals surface area contributed by atoms with Crippen molar-refractivity contribution in [2.24, 2.45) is 0 Å². The Balaban J connectivity index is 1.51. The normalized spacial score (nSPS) is 10.6. The van der Waals surface area contributed by atoms with Gasteiger partial charge in [-0.2, -0.15) is 4.98 Å². The maximum Gasteiger partial charge on any atom is 0.357 e. The summed E-state index contributed by atoms with van der Waals surface area (Å²) in [6, 6.07) is 7.35. The van der Waals surface area contributed by atoms with Crippen LogP contribution in [0.5, 0.6) is 5.75 Å². The number of hydrogen-bond donors (Lipinski definition) is 1. The molecule has 9 nitrogen and oxygen atoms in total. The van der Waals surface area contributed by atoms with Crippen LogP contribution >= 0.6 is 11.3 Å². The largest absolute Gasteiger partial charge is 0.494 e. The minimum absolute atomic E-state index is 0.138. The molecule has 10 heteroatoms. The highest BCUT2D eigenvalue weighted by Crippen LogP contribution is 2.21. The highest BCUT2D eigenvalue weighted by molar-refractivity contribution is 7.14. The van der Waals surface area contributed by atoms with Crippen molar-refractivity contribution in [3.05, 3.63) is 41.2 Å². The summed E-state index contributed by atoms with van der Waals surface area (Å²) in [6.07, 6.45) is 0.422. The number of esters is 1. The Morgan fingerprint density at radius 2 is 1.93 bits per heavy atom. The van der Waals surface area contributed by atoms with Gasteiger partial charge in [0.25, 0.3) is 0 Å². The molecule has 0 bridgehead atoms. The molecule has 2 heterocycles. The van der Waals surface area contributed by atoms with Crippen molar-refractivity contribution < 1.29 is 23.6 Å². The van der Waals surface area contributed by atoms with Crippen LogP contribution in [0.4, 0.5) is 5.13 Å². The number of nitrogens with zero attached hydrogens (tertiary/aromatic N) is 3. The van der Waals surface area contributed by atoms with Gasteiger partial charge in [0.2, 0.25) is 17.6 Å². The molecule has 0 radical (unpaired) electrons. The van der Waals surface area contributed by atoms with E-state index in [0.717, 1.165) is 22.6 Å². The fraction of sp³-hybridized carbons (Fsp3) is 0.316. The smallest absolute Gasteiger partial charge is 0.357 e. The molecule has 0 aliphatic rings. The lowest BCUT2D eigenvalue weighted by Crippen LogP contribution is -2.13. The topological polar surface area (TPSA) is 116 Å². The number of nitrogens with one attached hydrogen (secondary N) is 1. The second-order valence-electron chi connectivity index (χ2n) is 5.78. The molecule has 0 unspecified atom stereocenters. The first kappa shape index (κ1) is 20.5. The molecule has 29 heavy (non-hydrogen) atoms. The summed E-state index contributed by atoms with van der Waals surface area (Å²) < 4.78 is 15.5. The standard InChI is InChI=1S/C19H20N4O5S/c1-3-26-13-7-5-12(6-8-13)17-22-16(28-23-17)10-9-15(24)21-19-20-14(11-29-19)18(25)27-4-2/h5-8,11H,3-4,9-10H2,1-2H3,(H,20,21,24). The molecule has 3 aromatic rings. The Morgan fingerprint density at radius 1 is 1.14 bits per heavy atom. The quantitative estimate of drug-likeness (QED) is 0.528. The number of amides is 1. The van der Waals surface area contributed by atoms with Gasteiger partial charge in [0.15, 0.2) is 10.8 Å². The molecule has 0 saturated heterocycles. The van der Waals surface area contributed by atoms with Crippen LogP contribution in [0.25, 0.3) is 11.4 Å². The second kappa shape index (κ2) is 9.78. The third-order valence-electron chi connectivity index (χ3n) is 3.69. The summed E-state index contributed by atoms with van der Waals surface area (Å²) in [4.78, 5) is 32.0. The Hall–Kier alpha value is -3.27. The van der Waals surface area contributed by atoms with Gasteiger partial charge >= 0.3 is 5.97 Å². The Bertz CT molecular complexity index is 967. The van der Waals surface area contributed by atoms with Crippen LogP contribution in [0.2, 0.25) is 0 Å². The zero-order valence-electron chi connectivity index (χ0n) is 16.0. The predicted octanol–water partition coefficient (Wildman–Crippen LogP) is 3.34. The van der Waals surface area contributed by atoms with Crippen LogP contribution in [-0.4, -0.2) is 40.2 Å². The minimum Gasteiger partial charge on any atom is -0.494 e. The van der Waals surface area contributed by atoms with Gasteiger partial charge in [0.1, 0.15) is 5.75 Å². The number of aromatic nitrogens is 3. The average Bonchev–Trinajstić information content (AvgIpc) is 3.37. The number of ether oxygens (including phenoxy) is 2. The van der Waals surface area contributed by atoms with Crippen molar-refractivity contribution in [2.45, 2.75) is 26.7 Å². The summed E-state index contributed by atoms with van der Waals surface area (Å²) in [5.74, 6) is 0.787. The van der Waals surface area contributed by atoms with Gasteiger partial charge in [-0.25, -0.2) is 9.78 Å². The Kier molecular flexibility index (Phi) is 6.90. The van der Waals surface area contributed by atoms with Crippen LogP contribution in [0.1, 0.15) is 36.6 Å². The van der Waals surface area contributed by atoms with Crippen LogP contribution in [0, 0.1) is 0 Å². The van der Waals surface area contributed by atoms with E-state index in [2.05, 4.69) is 20.4 Å². The van der Waals surface area contributed by atoms with E-state index in [1.54, 1.807) is 6.92 Å². The number of thiazole rings is 1. The minimum atomic E-state index is -0.517. The van der Waals surface area contributed by atoms with Gasteiger partial charge in [-0.1, -0.05) is 5.16 Å². The molecule has 0 spiro atoms. The number of rotatable bonds is 9. The Morgan fingerprint density at radius 3 is 2.66 bits per heavy atom. The van der Waals surface area contributed by atoms with E-state index in [9.17, 15) is 9.59 Å². The molecular weight excluding hydrogens is 396 g/mol. The molecule has 1 aromatic carbocycles. The molecule has 152 valence electrons. The van der Waals surface area contributed by atoms with Crippen molar-refractivity contribution in [1.82, 2.24) is 15.1 Å². The van der Waals surface area contributed by atoms with Crippen molar-refractivity contribution in [3.8, 4) is 17.1 Å². The fourth-order valence-electron chi connectivity index (χ4n) is 2.37. The summed E-state index contributed by atoms with van der Waals surface area (Å²) in [7, 11) is 0. The first-order valence-corrected chi connectivity index (χ1v) is 9.95. The molecule has 1 N–H and O–H groups in total. The first-order chi connectivity index (χ1) is 14.1. The van der Waals surface area contributed by atoms with E-state index in [0.29, 0.717) is 23.5 Å². The summed E-state index contributed by atoms with van der Waals surface area (Å²) >= 11 is 1.15. The molecule has 3 rings (SSSR count). The number of carbonyl (C=O) groups is 2. The molecular formula is C19H20N4O5S. The number of anilines is 1. The van der Waals surface area contributed by atoms with Crippen molar-refractivity contribution in [1.29, 1.82) is 0 Å². The number of benzene rings is 1. The molecule has 0 fully saturated rings. The van der Waals surface area contributed by atoms with Gasteiger partial charge in [-0.3, -0.25) is 4.79 Å². The summed E-state index contributed by atoms with van der Waals surface area (Å²) in [5, 5.41) is 8.46. The average molecular weight is 416 g/mol. The first-order valence-electron chi connectivity index (χ1n) is 9.07. The summed E-state index contributed by atoms with van der Waals surface area (Å²) in [6.45, 7) is 4.49. The van der Waals surface area contributed by atoms with E-state index in [-0.39, 0.29) is 31.0 Å². The van der Waals surface area contributed by atoms with Gasteiger partial charge in [0, 0.05) is 23.8 Å². The zero-order valence-corrected chi connectivity index (χ0v) is 16.8. The lowest BCUT2D eigenvalue weighted by atomic mass is 10.2. The predicted molar refractivity (Wildman–Crippen MR) is 106 cm³/mol. The lowest BCUT2D eigenvalue weighted by molar-refractivity contribution is -0.116. The maximum atomic E-state index is 12.1. The van der Waals surface area contributed by atoms with Gasteiger partial charge in [-0.15, -0.1) is 11.3 Å². The highest BCUT2D eigenvalue weighted by atomic mass is 32.1. The lowest BCUT2D eigenvalue weighted by Gasteiger charge is -2.02. The van der Waals surface area contributed by atoms with Crippen molar-refractivity contribution in [2.75, 3.05) is 18.5 Å². The SMILES string of the molecule is CCOC(=O)c1csc(NC(=O)CCc2nc(-c3ccc(OCC)cc3)no2)n1. The van der Waals surface area contributed by atoms with E-state index in [4.69, 9.17) is 14.0 Å². The van der Waals surface area contributed by atoms with E-state index in [1.165, 1.54) is 5.38 Å². The highest BCUT2D eigenvalue weighted by Gasteiger charge is 2.15. The third kappa shape index (κ3) is 5.61. The molecule has 2 aromatic heterocycles. The second-order valence-corrected chi connectivity index (χ2v) is 6.63. The number of aryl methyl sites for hydroxylation is 1. The molecule has 0 saturated carbocycles. The van der Waals surface area contributed by atoms with E-state index < -0.39 is 5.97 Å². The van der Waals surface area contributed by atoms with Crippen LogP contribution in [0.15, 0.2) is 34.2 Å². The van der Waals surface area contributed by atoms with Crippen molar-refractivity contribution in [3.63, 3.8) is 0 Å². The maximum absolute atomic E-state index is 12.1. The van der Waals surface area contributed by atoms with Crippen LogP contribution in [0.3, 0.4) is 0 Å².